The van der Waals surface area contributed by atoms with Gasteiger partial charge in [-0.25, -0.2) is 0 Å². The Morgan fingerprint density at radius 3 is 2.59 bits per heavy atom. The lowest BCUT2D eigenvalue weighted by Gasteiger charge is -2.06. The van der Waals surface area contributed by atoms with Gasteiger partial charge in [0.2, 0.25) is 11.8 Å². The molecule has 3 nitrogen and oxygen atoms in total. The van der Waals surface area contributed by atoms with E-state index < -0.39 is 5.95 Å². The van der Waals surface area contributed by atoms with Crippen LogP contribution in [0.2, 0.25) is 0 Å². The summed E-state index contributed by atoms with van der Waals surface area (Å²) in [6.45, 7) is 0.0866. The summed E-state index contributed by atoms with van der Waals surface area (Å²) < 4.78 is 18.4. The average Bonchev–Trinajstić information content (AvgIpc) is 2.37. The third-order valence-electron chi connectivity index (χ3n) is 2.24. The van der Waals surface area contributed by atoms with Crippen LogP contribution in [-0.2, 0) is 13.2 Å². The molecule has 0 aliphatic carbocycles. The number of halogens is 1. The molecule has 0 saturated heterocycles. The van der Waals surface area contributed by atoms with Gasteiger partial charge < -0.3 is 9.84 Å². The molecule has 0 aliphatic rings. The minimum atomic E-state index is -0.653. The van der Waals surface area contributed by atoms with Crippen LogP contribution < -0.4 is 4.74 Å². The van der Waals surface area contributed by atoms with Gasteiger partial charge in [0, 0.05) is 6.07 Å². The monoisotopic (exact) mass is 233 g/mol. The molecule has 0 radical (unpaired) electrons. The molecule has 1 heterocycles. The molecule has 88 valence electrons. The molecular formula is C13H12FNO2. The minimum absolute atomic E-state index is 0.179. The number of ether oxygens (including phenoxy) is 1. The maximum atomic E-state index is 13.0. The number of aliphatic hydroxyl groups is 1. The lowest BCUT2D eigenvalue weighted by molar-refractivity contribution is 0.271. The molecule has 0 bridgehead atoms. The second-order valence-electron chi connectivity index (χ2n) is 3.57. The Hall–Kier alpha value is -1.94. The van der Waals surface area contributed by atoms with Gasteiger partial charge in [0.1, 0.15) is 6.61 Å². The molecule has 0 atom stereocenters. The number of aliphatic hydroxyl groups excluding tert-OH is 1. The van der Waals surface area contributed by atoms with Crippen molar-refractivity contribution in [3.63, 3.8) is 0 Å². The summed E-state index contributed by atoms with van der Waals surface area (Å²) in [6.07, 6.45) is 0. The van der Waals surface area contributed by atoms with Gasteiger partial charge in [-0.1, -0.05) is 30.3 Å². The second-order valence-corrected chi connectivity index (χ2v) is 3.57. The van der Waals surface area contributed by atoms with Gasteiger partial charge in [0.05, 0.1) is 6.61 Å². The van der Waals surface area contributed by atoms with Crippen LogP contribution in [0.1, 0.15) is 11.1 Å². The van der Waals surface area contributed by atoms with E-state index in [1.165, 1.54) is 12.1 Å². The minimum Gasteiger partial charge on any atom is -0.473 e. The third-order valence-corrected chi connectivity index (χ3v) is 2.24. The average molecular weight is 233 g/mol. The van der Waals surface area contributed by atoms with E-state index in [9.17, 15) is 4.39 Å². The van der Waals surface area contributed by atoms with Crippen molar-refractivity contribution in [2.24, 2.45) is 0 Å². The normalized spacial score (nSPS) is 10.2. The van der Waals surface area contributed by atoms with Crippen molar-refractivity contribution in [2.75, 3.05) is 0 Å². The Balaban J connectivity index is 2.06. The Labute approximate surface area is 98.5 Å². The third kappa shape index (κ3) is 3.26. The van der Waals surface area contributed by atoms with Gasteiger partial charge in [0.15, 0.2) is 0 Å². The Bertz CT molecular complexity index is 488. The molecular weight excluding hydrogens is 221 g/mol. The standard InChI is InChI=1S/C13H12FNO2/c14-12-6-11(8-16)7-13(15-12)17-9-10-4-2-1-3-5-10/h1-7,16H,8-9H2. The summed E-state index contributed by atoms with van der Waals surface area (Å²) in [7, 11) is 0. The van der Waals surface area contributed by atoms with Crippen LogP contribution in [0.3, 0.4) is 0 Å². The number of nitrogens with zero attached hydrogens (tertiary/aromatic N) is 1. The van der Waals surface area contributed by atoms with E-state index in [1.54, 1.807) is 0 Å². The Morgan fingerprint density at radius 1 is 1.12 bits per heavy atom. The zero-order valence-corrected chi connectivity index (χ0v) is 9.14. The molecule has 2 aromatic rings. The lowest BCUT2D eigenvalue weighted by Crippen LogP contribution is -1.99. The van der Waals surface area contributed by atoms with E-state index in [0.29, 0.717) is 12.2 Å². The first-order chi connectivity index (χ1) is 8.28. The van der Waals surface area contributed by atoms with E-state index in [2.05, 4.69) is 4.98 Å². The second kappa shape index (κ2) is 5.41. The van der Waals surface area contributed by atoms with Crippen LogP contribution >= 0.6 is 0 Å². The van der Waals surface area contributed by atoms with Crippen LogP contribution in [-0.4, -0.2) is 10.1 Å². The molecule has 2 rings (SSSR count). The van der Waals surface area contributed by atoms with Crippen molar-refractivity contribution in [1.82, 2.24) is 4.98 Å². The lowest BCUT2D eigenvalue weighted by atomic mass is 10.2. The smallest absolute Gasteiger partial charge is 0.216 e. The van der Waals surface area contributed by atoms with Gasteiger partial charge in [-0.15, -0.1) is 0 Å². The molecule has 0 spiro atoms. The summed E-state index contributed by atoms with van der Waals surface area (Å²) in [4.78, 5) is 3.60. The highest BCUT2D eigenvalue weighted by molar-refractivity contribution is 5.21. The number of hydrogen-bond donors (Lipinski definition) is 1. The molecule has 4 heteroatoms. The molecule has 0 aliphatic heterocycles. The predicted molar refractivity (Wildman–Crippen MR) is 60.9 cm³/mol. The number of rotatable bonds is 4. The van der Waals surface area contributed by atoms with Crippen molar-refractivity contribution in [1.29, 1.82) is 0 Å². The number of hydrogen-bond acceptors (Lipinski definition) is 3. The van der Waals surface area contributed by atoms with Gasteiger partial charge in [-0.05, 0) is 17.2 Å². The van der Waals surface area contributed by atoms with E-state index in [0.717, 1.165) is 5.56 Å². The summed E-state index contributed by atoms with van der Waals surface area (Å²) >= 11 is 0. The highest BCUT2D eigenvalue weighted by Gasteiger charge is 2.03. The van der Waals surface area contributed by atoms with Gasteiger partial charge >= 0.3 is 0 Å². The van der Waals surface area contributed by atoms with Gasteiger partial charge in [-0.3, -0.25) is 0 Å². The van der Waals surface area contributed by atoms with Crippen molar-refractivity contribution in [2.45, 2.75) is 13.2 Å². The number of pyridine rings is 1. The van der Waals surface area contributed by atoms with E-state index in [4.69, 9.17) is 9.84 Å². The van der Waals surface area contributed by atoms with Crippen molar-refractivity contribution in [3.05, 3.63) is 59.5 Å². The number of benzene rings is 1. The van der Waals surface area contributed by atoms with E-state index >= 15 is 0 Å². The van der Waals surface area contributed by atoms with Crippen molar-refractivity contribution in [3.8, 4) is 5.88 Å². The van der Waals surface area contributed by atoms with Crippen LogP contribution in [0.25, 0.3) is 0 Å². The molecule has 1 N–H and O–H groups in total. The fourth-order valence-corrected chi connectivity index (χ4v) is 1.42. The van der Waals surface area contributed by atoms with Gasteiger partial charge in [0.25, 0.3) is 0 Å². The first kappa shape index (κ1) is 11.5. The zero-order chi connectivity index (χ0) is 12.1. The first-order valence-electron chi connectivity index (χ1n) is 5.22. The summed E-state index contributed by atoms with van der Waals surface area (Å²) in [5.74, 6) is -0.475. The van der Waals surface area contributed by atoms with E-state index in [1.807, 2.05) is 30.3 Å². The SMILES string of the molecule is OCc1cc(F)nc(OCc2ccccc2)c1. The van der Waals surface area contributed by atoms with Crippen LogP contribution in [0, 0.1) is 5.95 Å². The summed E-state index contributed by atoms with van der Waals surface area (Å²) in [5.41, 5.74) is 1.42. The maximum Gasteiger partial charge on any atom is 0.216 e. The summed E-state index contributed by atoms with van der Waals surface area (Å²) in [5, 5.41) is 8.92. The van der Waals surface area contributed by atoms with Crippen LogP contribution in [0.15, 0.2) is 42.5 Å². The highest BCUT2D eigenvalue weighted by atomic mass is 19.1. The largest absolute Gasteiger partial charge is 0.473 e. The fraction of sp³-hybridized carbons (Fsp3) is 0.154. The molecule has 1 aromatic heterocycles. The number of aromatic nitrogens is 1. The molecule has 0 saturated carbocycles. The van der Waals surface area contributed by atoms with Crippen LogP contribution in [0.4, 0.5) is 4.39 Å². The molecule has 1 aromatic carbocycles. The van der Waals surface area contributed by atoms with Gasteiger partial charge in [-0.2, -0.15) is 9.37 Å². The Morgan fingerprint density at radius 2 is 1.88 bits per heavy atom. The molecule has 0 unspecified atom stereocenters. The zero-order valence-electron chi connectivity index (χ0n) is 9.14. The molecule has 17 heavy (non-hydrogen) atoms. The summed E-state index contributed by atoms with van der Waals surface area (Å²) in [6, 6.07) is 12.2. The van der Waals surface area contributed by atoms with Crippen molar-refractivity contribution < 1.29 is 14.2 Å². The molecule has 0 fully saturated rings. The molecule has 0 amide bonds. The highest BCUT2D eigenvalue weighted by Crippen LogP contribution is 2.13. The Kier molecular flexibility index (Phi) is 3.67. The van der Waals surface area contributed by atoms with E-state index in [-0.39, 0.29) is 12.5 Å². The quantitative estimate of drug-likeness (QED) is 0.824. The topological polar surface area (TPSA) is 42.4 Å². The maximum absolute atomic E-state index is 13.0. The predicted octanol–water partition coefficient (Wildman–Crippen LogP) is 2.29. The van der Waals surface area contributed by atoms with Crippen LogP contribution in [0.5, 0.6) is 5.88 Å². The van der Waals surface area contributed by atoms with Crippen molar-refractivity contribution >= 4 is 0 Å². The fourth-order valence-electron chi connectivity index (χ4n) is 1.42. The first-order valence-corrected chi connectivity index (χ1v) is 5.22.